The third-order valence-corrected chi connectivity index (χ3v) is 6.83. The number of nitrogens with zero attached hydrogens (tertiary/aromatic N) is 5. The van der Waals surface area contributed by atoms with E-state index in [1.807, 2.05) is 16.5 Å². The van der Waals surface area contributed by atoms with E-state index in [0.29, 0.717) is 17.7 Å². The van der Waals surface area contributed by atoms with Crippen LogP contribution < -0.4 is 5.32 Å². The van der Waals surface area contributed by atoms with Crippen LogP contribution in [0.15, 0.2) is 5.38 Å². The van der Waals surface area contributed by atoms with Gasteiger partial charge in [-0.2, -0.15) is 0 Å². The molecule has 7 nitrogen and oxygen atoms in total. The molecule has 2 aromatic rings. The van der Waals surface area contributed by atoms with E-state index in [-0.39, 0.29) is 5.91 Å². The summed E-state index contributed by atoms with van der Waals surface area (Å²) in [5.41, 5.74) is 2.57. The zero-order chi connectivity index (χ0) is 18.8. The van der Waals surface area contributed by atoms with Crippen molar-refractivity contribution in [1.82, 2.24) is 30.2 Å². The van der Waals surface area contributed by atoms with Crippen LogP contribution in [0.25, 0.3) is 0 Å². The number of aryl methyl sites for hydroxylation is 1. The first kappa shape index (κ1) is 18.6. The van der Waals surface area contributed by atoms with Gasteiger partial charge in [-0.3, -0.25) is 4.79 Å². The number of rotatable bonds is 4. The summed E-state index contributed by atoms with van der Waals surface area (Å²) in [6.45, 7) is 7.62. The van der Waals surface area contributed by atoms with E-state index < -0.39 is 0 Å². The standard InChI is InChI=1S/C19H28N6OS/c1-3-15-12-27-18(21-15)14-5-4-10-24(11-14)19(26)17-13(2)25(23-22-17)16-6-8-20-9-7-16/h12,14,16,20H,3-11H2,1-2H3/t14-/m1/s1. The Hall–Kier alpha value is -1.80. The Labute approximate surface area is 164 Å². The molecule has 0 bridgehead atoms. The molecule has 0 aliphatic carbocycles. The lowest BCUT2D eigenvalue weighted by atomic mass is 9.98. The van der Waals surface area contributed by atoms with Crippen molar-refractivity contribution in [3.63, 3.8) is 0 Å². The Morgan fingerprint density at radius 2 is 2.15 bits per heavy atom. The summed E-state index contributed by atoms with van der Waals surface area (Å²) in [5, 5.41) is 15.3. The molecule has 2 aliphatic rings. The summed E-state index contributed by atoms with van der Waals surface area (Å²) >= 11 is 1.73. The van der Waals surface area contributed by atoms with Crippen molar-refractivity contribution < 1.29 is 4.79 Å². The van der Waals surface area contributed by atoms with Crippen molar-refractivity contribution in [2.75, 3.05) is 26.2 Å². The van der Waals surface area contributed by atoms with E-state index in [1.165, 1.54) is 5.01 Å². The normalized spacial score (nSPS) is 21.6. The summed E-state index contributed by atoms with van der Waals surface area (Å²) in [6, 6.07) is 0.345. The van der Waals surface area contributed by atoms with Gasteiger partial charge in [0, 0.05) is 24.4 Å². The lowest BCUT2D eigenvalue weighted by Crippen LogP contribution is -2.39. The molecule has 27 heavy (non-hydrogen) atoms. The fourth-order valence-corrected chi connectivity index (χ4v) is 5.15. The zero-order valence-electron chi connectivity index (χ0n) is 16.1. The molecular formula is C19H28N6OS. The average molecular weight is 389 g/mol. The van der Waals surface area contributed by atoms with Crippen molar-refractivity contribution in [1.29, 1.82) is 0 Å². The second-order valence-corrected chi connectivity index (χ2v) is 8.46. The molecule has 0 unspecified atom stereocenters. The Balaban J connectivity index is 1.48. The van der Waals surface area contributed by atoms with Crippen LogP contribution in [-0.4, -0.2) is 57.0 Å². The van der Waals surface area contributed by atoms with E-state index in [0.717, 1.165) is 69.7 Å². The number of piperidine rings is 2. The largest absolute Gasteiger partial charge is 0.336 e. The summed E-state index contributed by atoms with van der Waals surface area (Å²) in [4.78, 5) is 19.8. The highest BCUT2D eigenvalue weighted by Gasteiger charge is 2.30. The SMILES string of the molecule is CCc1csc([C@@H]2CCCN(C(=O)c3nnn(C4CCNCC4)c3C)C2)n1. The van der Waals surface area contributed by atoms with Gasteiger partial charge in [0.05, 0.1) is 22.4 Å². The van der Waals surface area contributed by atoms with E-state index in [1.54, 1.807) is 11.3 Å². The molecule has 8 heteroatoms. The maximum Gasteiger partial charge on any atom is 0.276 e. The lowest BCUT2D eigenvalue weighted by Gasteiger charge is -2.31. The fourth-order valence-electron chi connectivity index (χ4n) is 4.12. The van der Waals surface area contributed by atoms with Crippen LogP contribution in [0.4, 0.5) is 0 Å². The van der Waals surface area contributed by atoms with E-state index >= 15 is 0 Å². The number of likely N-dealkylation sites (tertiary alicyclic amines) is 1. The van der Waals surface area contributed by atoms with Gasteiger partial charge in [0.15, 0.2) is 5.69 Å². The Bertz CT molecular complexity index is 794. The highest BCUT2D eigenvalue weighted by Crippen LogP contribution is 2.30. The van der Waals surface area contributed by atoms with Gasteiger partial charge in [0.2, 0.25) is 0 Å². The van der Waals surface area contributed by atoms with Crippen molar-refractivity contribution >= 4 is 17.2 Å². The van der Waals surface area contributed by atoms with Gasteiger partial charge in [0.1, 0.15) is 0 Å². The fraction of sp³-hybridized carbons (Fsp3) is 0.684. The summed E-state index contributed by atoms with van der Waals surface area (Å²) in [7, 11) is 0. The molecule has 2 fully saturated rings. The molecule has 0 aromatic carbocycles. The summed E-state index contributed by atoms with van der Waals surface area (Å²) in [5.74, 6) is 0.359. The van der Waals surface area contributed by atoms with Crippen LogP contribution >= 0.6 is 11.3 Å². The first-order valence-corrected chi connectivity index (χ1v) is 10.9. The molecule has 4 rings (SSSR count). The molecule has 2 aliphatic heterocycles. The molecule has 1 N–H and O–H groups in total. The van der Waals surface area contributed by atoms with Gasteiger partial charge in [0.25, 0.3) is 5.91 Å². The van der Waals surface area contributed by atoms with Gasteiger partial charge < -0.3 is 10.2 Å². The summed E-state index contributed by atoms with van der Waals surface area (Å²) < 4.78 is 1.96. The zero-order valence-corrected chi connectivity index (χ0v) is 17.0. The molecular weight excluding hydrogens is 360 g/mol. The van der Waals surface area contributed by atoms with Gasteiger partial charge in [-0.25, -0.2) is 9.67 Å². The van der Waals surface area contributed by atoms with Crippen LogP contribution in [-0.2, 0) is 6.42 Å². The predicted octanol–water partition coefficient (Wildman–Crippen LogP) is 2.55. The second kappa shape index (κ2) is 8.06. The topological polar surface area (TPSA) is 75.9 Å². The number of nitrogens with one attached hydrogen (secondary N) is 1. The van der Waals surface area contributed by atoms with E-state index in [2.05, 4.69) is 27.9 Å². The van der Waals surface area contributed by atoms with Gasteiger partial charge in [-0.05, 0) is 52.1 Å². The Morgan fingerprint density at radius 1 is 1.33 bits per heavy atom. The molecule has 0 saturated carbocycles. The maximum absolute atomic E-state index is 13.1. The van der Waals surface area contributed by atoms with Crippen LogP contribution in [0, 0.1) is 6.92 Å². The van der Waals surface area contributed by atoms with Crippen LogP contribution in [0.1, 0.15) is 71.5 Å². The van der Waals surface area contributed by atoms with Crippen molar-refractivity contribution in [3.8, 4) is 0 Å². The number of aromatic nitrogens is 4. The highest BCUT2D eigenvalue weighted by atomic mass is 32.1. The monoisotopic (exact) mass is 388 g/mol. The molecule has 146 valence electrons. The number of amides is 1. The van der Waals surface area contributed by atoms with Crippen molar-refractivity contribution in [2.24, 2.45) is 0 Å². The summed E-state index contributed by atoms with van der Waals surface area (Å²) in [6.07, 6.45) is 5.14. The molecule has 0 radical (unpaired) electrons. The number of hydrogen-bond acceptors (Lipinski definition) is 6. The molecule has 0 spiro atoms. The smallest absolute Gasteiger partial charge is 0.276 e. The minimum absolute atomic E-state index is 0.0182. The molecule has 1 amide bonds. The third-order valence-electron chi connectivity index (χ3n) is 5.77. The average Bonchev–Trinajstić information content (AvgIpc) is 3.35. The molecule has 2 aromatic heterocycles. The van der Waals surface area contributed by atoms with E-state index in [9.17, 15) is 4.79 Å². The van der Waals surface area contributed by atoms with Crippen LogP contribution in [0.3, 0.4) is 0 Å². The Kier molecular flexibility index (Phi) is 5.54. The second-order valence-electron chi connectivity index (χ2n) is 7.57. The van der Waals surface area contributed by atoms with Gasteiger partial charge in [-0.15, -0.1) is 16.4 Å². The molecule has 2 saturated heterocycles. The number of carbonyl (C=O) groups excluding carboxylic acids is 1. The van der Waals surface area contributed by atoms with Crippen molar-refractivity contribution in [3.05, 3.63) is 27.5 Å². The predicted molar refractivity (Wildman–Crippen MR) is 105 cm³/mol. The van der Waals surface area contributed by atoms with Gasteiger partial charge in [-0.1, -0.05) is 12.1 Å². The number of thiazole rings is 1. The van der Waals surface area contributed by atoms with Crippen LogP contribution in [0.2, 0.25) is 0 Å². The van der Waals surface area contributed by atoms with Crippen molar-refractivity contribution in [2.45, 2.75) is 57.9 Å². The number of carbonyl (C=O) groups is 1. The quantitative estimate of drug-likeness (QED) is 0.871. The molecule has 1 atom stereocenters. The minimum atomic E-state index is 0.0182. The highest BCUT2D eigenvalue weighted by molar-refractivity contribution is 7.09. The van der Waals surface area contributed by atoms with Crippen LogP contribution in [0.5, 0.6) is 0 Å². The third kappa shape index (κ3) is 3.78. The Morgan fingerprint density at radius 3 is 2.89 bits per heavy atom. The number of hydrogen-bond donors (Lipinski definition) is 1. The maximum atomic E-state index is 13.1. The first-order chi connectivity index (χ1) is 13.2. The van der Waals surface area contributed by atoms with Gasteiger partial charge >= 0.3 is 0 Å². The lowest BCUT2D eigenvalue weighted by molar-refractivity contribution is 0.0700. The molecule has 4 heterocycles. The minimum Gasteiger partial charge on any atom is -0.336 e. The first-order valence-electron chi connectivity index (χ1n) is 10.0. The van der Waals surface area contributed by atoms with E-state index in [4.69, 9.17) is 4.98 Å².